The van der Waals surface area contributed by atoms with Gasteiger partial charge in [-0.15, -0.1) is 0 Å². The van der Waals surface area contributed by atoms with Gasteiger partial charge >= 0.3 is 0 Å². The maximum atomic E-state index is 13.4. The predicted octanol–water partition coefficient (Wildman–Crippen LogP) is 3.78. The van der Waals surface area contributed by atoms with Crippen LogP contribution in [0.1, 0.15) is 0 Å². The van der Waals surface area contributed by atoms with E-state index in [1.807, 2.05) is 24.3 Å². The Morgan fingerprint density at radius 1 is 0.895 bits per heavy atom. The van der Waals surface area contributed by atoms with E-state index >= 15 is 0 Å². The van der Waals surface area contributed by atoms with E-state index in [4.69, 9.17) is 16.6 Å². The maximum absolute atomic E-state index is 13.4. The van der Waals surface area contributed by atoms with E-state index in [9.17, 15) is 4.79 Å². The Labute approximate surface area is 223 Å². The van der Waals surface area contributed by atoms with Crippen molar-refractivity contribution in [3.05, 3.63) is 88.8 Å². The Balaban J connectivity index is 1.38. The Morgan fingerprint density at radius 3 is 2.37 bits per heavy atom. The number of hydrogen-bond donors (Lipinski definition) is 1. The van der Waals surface area contributed by atoms with Crippen LogP contribution in [0, 0.1) is 0 Å². The van der Waals surface area contributed by atoms with Gasteiger partial charge in [-0.1, -0.05) is 11.6 Å². The van der Waals surface area contributed by atoms with E-state index in [1.54, 1.807) is 24.7 Å². The molecule has 0 aliphatic carbocycles. The van der Waals surface area contributed by atoms with E-state index in [2.05, 4.69) is 54.3 Å². The highest BCUT2D eigenvalue weighted by Gasteiger charge is 2.18. The zero-order valence-corrected chi connectivity index (χ0v) is 21.4. The van der Waals surface area contributed by atoms with Crippen LogP contribution in [0.5, 0.6) is 0 Å². The Bertz CT molecular complexity index is 1650. The zero-order chi connectivity index (χ0) is 26.1. The molecule has 190 valence electrons. The molecular formula is C27H24ClN9O. The largest absolute Gasteiger partial charge is 0.369 e. The van der Waals surface area contributed by atoms with Gasteiger partial charge in [0, 0.05) is 74.1 Å². The van der Waals surface area contributed by atoms with Crippen LogP contribution in [0.25, 0.3) is 27.8 Å². The molecule has 0 spiro atoms. The second kappa shape index (κ2) is 10.2. The van der Waals surface area contributed by atoms with Crippen LogP contribution in [0.3, 0.4) is 0 Å². The van der Waals surface area contributed by atoms with Gasteiger partial charge in [0.1, 0.15) is 11.2 Å². The summed E-state index contributed by atoms with van der Waals surface area (Å²) in [5.41, 5.74) is 3.76. The minimum absolute atomic E-state index is 0.307. The van der Waals surface area contributed by atoms with Gasteiger partial charge in [-0.2, -0.15) is 9.78 Å². The van der Waals surface area contributed by atoms with Crippen molar-refractivity contribution in [2.75, 3.05) is 43.4 Å². The monoisotopic (exact) mass is 525 g/mol. The number of nitrogens with zero attached hydrogens (tertiary/aromatic N) is 8. The van der Waals surface area contributed by atoms with Gasteiger partial charge in [-0.3, -0.25) is 14.8 Å². The van der Waals surface area contributed by atoms with Crippen LogP contribution in [-0.4, -0.2) is 67.8 Å². The molecule has 1 fully saturated rings. The SMILES string of the molecule is CN1CCN(c2ccc(Nc3ncc4c(=O)n(-c5ccncc5Cl)nc(-c5ccncc5)c4n3)cc2)CC1. The Morgan fingerprint density at radius 2 is 1.63 bits per heavy atom. The average molecular weight is 526 g/mol. The number of rotatable bonds is 5. The second-order valence-corrected chi connectivity index (χ2v) is 9.45. The lowest BCUT2D eigenvalue weighted by Gasteiger charge is -2.34. The Kier molecular flexibility index (Phi) is 6.40. The van der Waals surface area contributed by atoms with Gasteiger partial charge in [0.15, 0.2) is 0 Å². The minimum Gasteiger partial charge on any atom is -0.369 e. The molecule has 0 unspecified atom stereocenters. The molecule has 1 aromatic carbocycles. The second-order valence-electron chi connectivity index (χ2n) is 9.05. The van der Waals surface area contributed by atoms with Gasteiger partial charge in [0.2, 0.25) is 5.95 Å². The summed E-state index contributed by atoms with van der Waals surface area (Å²) in [5, 5.41) is 8.54. The first kappa shape index (κ1) is 24.0. The summed E-state index contributed by atoms with van der Waals surface area (Å²) in [4.78, 5) is 35.4. The quantitative estimate of drug-likeness (QED) is 0.367. The van der Waals surface area contributed by atoms with Gasteiger partial charge in [-0.25, -0.2) is 9.97 Å². The lowest BCUT2D eigenvalue weighted by Crippen LogP contribution is -2.44. The fourth-order valence-electron chi connectivity index (χ4n) is 4.44. The smallest absolute Gasteiger partial charge is 0.282 e. The Hall–Kier alpha value is -4.41. The number of fused-ring (bicyclic) bond motifs is 1. The standard InChI is InChI=1S/C27H24ClN9O/c1-35-12-14-36(15-13-35)20-4-2-19(3-5-20)32-27-31-16-21-25(33-27)24(18-6-9-29-10-7-18)34-37(26(21)38)23-8-11-30-17-22(23)28/h2-11,16-17H,12-15H2,1H3,(H,31,32,33). The van der Waals surface area contributed by atoms with Crippen molar-refractivity contribution < 1.29 is 0 Å². The molecular weight excluding hydrogens is 502 g/mol. The lowest BCUT2D eigenvalue weighted by atomic mass is 10.1. The maximum Gasteiger partial charge on any atom is 0.282 e. The van der Waals surface area contributed by atoms with Gasteiger partial charge in [0.25, 0.3) is 5.56 Å². The number of benzene rings is 1. The van der Waals surface area contributed by atoms with E-state index in [0.717, 1.165) is 37.4 Å². The molecule has 1 aliphatic heterocycles. The number of pyridine rings is 2. The first-order chi connectivity index (χ1) is 18.6. The number of halogens is 1. The third kappa shape index (κ3) is 4.67. The zero-order valence-electron chi connectivity index (χ0n) is 20.6. The fraction of sp³-hybridized carbons (Fsp3) is 0.185. The van der Waals surface area contributed by atoms with Crippen LogP contribution in [0.15, 0.2) is 78.2 Å². The highest BCUT2D eigenvalue weighted by molar-refractivity contribution is 6.32. The topological polar surface area (TPSA) is 105 Å². The van der Waals surface area contributed by atoms with E-state index in [-0.39, 0.29) is 5.56 Å². The molecule has 1 saturated heterocycles. The fourth-order valence-corrected chi connectivity index (χ4v) is 4.64. The van der Waals surface area contributed by atoms with Crippen LogP contribution in [0.4, 0.5) is 17.3 Å². The highest BCUT2D eigenvalue weighted by atomic mass is 35.5. The van der Waals surface area contributed by atoms with Crippen molar-refractivity contribution in [1.29, 1.82) is 0 Å². The molecule has 0 amide bonds. The average Bonchev–Trinajstić information content (AvgIpc) is 2.95. The van der Waals surface area contributed by atoms with Crippen LogP contribution < -0.4 is 15.8 Å². The minimum atomic E-state index is -0.381. The van der Waals surface area contributed by atoms with Gasteiger partial charge in [-0.05, 0) is 49.5 Å². The highest BCUT2D eigenvalue weighted by Crippen LogP contribution is 2.27. The number of nitrogens with one attached hydrogen (secondary N) is 1. The number of anilines is 3. The molecule has 4 aromatic heterocycles. The summed E-state index contributed by atoms with van der Waals surface area (Å²) in [5.74, 6) is 0.362. The third-order valence-corrected chi connectivity index (χ3v) is 6.85. The van der Waals surface area contributed by atoms with Gasteiger partial charge in [0.05, 0.1) is 16.1 Å². The van der Waals surface area contributed by atoms with Crippen molar-refractivity contribution in [2.24, 2.45) is 0 Å². The van der Waals surface area contributed by atoms with Crippen molar-refractivity contribution in [2.45, 2.75) is 0 Å². The molecule has 0 bridgehead atoms. The van der Waals surface area contributed by atoms with Crippen molar-refractivity contribution in [3.8, 4) is 16.9 Å². The third-order valence-electron chi connectivity index (χ3n) is 6.56. The summed E-state index contributed by atoms with van der Waals surface area (Å²) < 4.78 is 1.26. The summed E-state index contributed by atoms with van der Waals surface area (Å²) in [6, 6.07) is 13.5. The number of aromatic nitrogens is 6. The predicted molar refractivity (Wildman–Crippen MR) is 148 cm³/mol. The van der Waals surface area contributed by atoms with Crippen molar-refractivity contribution in [3.63, 3.8) is 0 Å². The summed E-state index contributed by atoms with van der Waals surface area (Å²) in [6.07, 6.45) is 7.88. The van der Waals surface area contributed by atoms with Crippen molar-refractivity contribution in [1.82, 2.24) is 34.6 Å². The molecule has 5 aromatic rings. The first-order valence-corrected chi connectivity index (χ1v) is 12.6. The normalized spacial score (nSPS) is 14.1. The van der Waals surface area contributed by atoms with E-state index < -0.39 is 0 Å². The lowest BCUT2D eigenvalue weighted by molar-refractivity contribution is 0.313. The number of hydrogen-bond acceptors (Lipinski definition) is 9. The number of likely N-dealkylation sites (N-methyl/N-ethyl adjacent to an activating group) is 1. The molecule has 0 atom stereocenters. The molecule has 10 nitrogen and oxygen atoms in total. The van der Waals surface area contributed by atoms with Gasteiger partial charge < -0.3 is 15.1 Å². The molecule has 1 N–H and O–H groups in total. The van der Waals surface area contributed by atoms with Crippen LogP contribution in [0.2, 0.25) is 5.02 Å². The molecule has 6 rings (SSSR count). The molecule has 5 heterocycles. The summed E-state index contributed by atoms with van der Waals surface area (Å²) >= 11 is 6.34. The van der Waals surface area contributed by atoms with Crippen molar-refractivity contribution >= 4 is 39.8 Å². The summed E-state index contributed by atoms with van der Waals surface area (Å²) in [6.45, 7) is 4.11. The molecule has 0 saturated carbocycles. The number of piperazine rings is 1. The van der Waals surface area contributed by atoms with Crippen LogP contribution in [-0.2, 0) is 0 Å². The van der Waals surface area contributed by atoms with E-state index in [1.165, 1.54) is 22.8 Å². The summed E-state index contributed by atoms with van der Waals surface area (Å²) in [7, 11) is 2.15. The van der Waals surface area contributed by atoms with E-state index in [0.29, 0.717) is 33.3 Å². The van der Waals surface area contributed by atoms with Crippen LogP contribution >= 0.6 is 11.6 Å². The first-order valence-electron chi connectivity index (χ1n) is 12.2. The molecule has 11 heteroatoms. The molecule has 1 aliphatic rings. The molecule has 0 radical (unpaired) electrons. The molecule has 38 heavy (non-hydrogen) atoms.